The Morgan fingerprint density at radius 2 is 1.58 bits per heavy atom. The second kappa shape index (κ2) is 7.69. The van der Waals surface area contributed by atoms with Crippen molar-refractivity contribution >= 4 is 54.9 Å². The molecule has 1 aliphatic heterocycles. The third kappa shape index (κ3) is 3.08. The number of aromatic nitrogens is 4. The number of aliphatic imine (C=N–C) groups is 1. The first-order valence-corrected chi connectivity index (χ1v) is 12.7. The van der Waals surface area contributed by atoms with Crippen molar-refractivity contribution in [2.24, 2.45) is 10.9 Å². The van der Waals surface area contributed by atoms with E-state index in [4.69, 9.17) is 9.98 Å². The molecule has 3 heterocycles. The topological polar surface area (TPSA) is 66.8 Å². The highest BCUT2D eigenvalue weighted by Gasteiger charge is 2.24. The van der Waals surface area contributed by atoms with Crippen LogP contribution >= 0.6 is 0 Å². The maximum absolute atomic E-state index is 5.00. The van der Waals surface area contributed by atoms with E-state index in [9.17, 15) is 0 Å². The third-order valence-electron chi connectivity index (χ3n) is 7.50. The van der Waals surface area contributed by atoms with E-state index in [1.54, 1.807) is 6.33 Å². The summed E-state index contributed by atoms with van der Waals surface area (Å²) in [6.07, 6.45) is 4.44. The van der Waals surface area contributed by atoms with Crippen molar-refractivity contribution in [1.82, 2.24) is 19.9 Å². The Kier molecular flexibility index (Phi) is 4.53. The monoisotopic (exact) mass is 469 g/mol. The predicted octanol–water partition coefficient (Wildman–Crippen LogP) is 7.89. The smallest absolute Gasteiger partial charge is 0.116 e. The minimum Gasteiger partial charge on any atom is -0.342 e. The Labute approximate surface area is 209 Å². The molecule has 7 rings (SSSR count). The van der Waals surface area contributed by atoms with Crippen LogP contribution in [0.2, 0.25) is 0 Å². The fraction of sp³-hybridized carbons (Fsp3) is 0.226. The number of aromatic amines is 1. The Bertz CT molecular complexity index is 1870. The van der Waals surface area contributed by atoms with Gasteiger partial charge in [-0.2, -0.15) is 0 Å². The molecule has 0 atom stereocenters. The fourth-order valence-corrected chi connectivity index (χ4v) is 5.47. The molecule has 0 radical (unpaired) electrons. The summed E-state index contributed by atoms with van der Waals surface area (Å²) in [6.45, 7) is 8.75. The van der Waals surface area contributed by atoms with Crippen LogP contribution in [0.4, 0.5) is 5.69 Å². The van der Waals surface area contributed by atoms with Crippen LogP contribution in [0.15, 0.2) is 66.0 Å². The van der Waals surface area contributed by atoms with Crippen LogP contribution in [0, 0.1) is 5.92 Å². The van der Waals surface area contributed by atoms with Gasteiger partial charge < -0.3 is 4.98 Å². The highest BCUT2D eigenvalue weighted by Crippen LogP contribution is 2.42. The van der Waals surface area contributed by atoms with Crippen LogP contribution < -0.4 is 0 Å². The number of H-pyrrole nitrogens is 1. The molecule has 0 fully saturated rings. The molecule has 5 nitrogen and oxygen atoms in total. The van der Waals surface area contributed by atoms with E-state index in [0.29, 0.717) is 11.8 Å². The molecule has 36 heavy (non-hydrogen) atoms. The van der Waals surface area contributed by atoms with E-state index < -0.39 is 0 Å². The molecular formula is C31H27N5. The molecule has 5 heteroatoms. The molecule has 4 aromatic carbocycles. The number of hydrogen-bond donors (Lipinski definition) is 1. The van der Waals surface area contributed by atoms with Crippen molar-refractivity contribution in [2.45, 2.75) is 40.0 Å². The predicted molar refractivity (Wildman–Crippen MR) is 149 cm³/mol. The molecule has 6 aromatic rings. The normalized spacial score (nSPS) is 13.6. The van der Waals surface area contributed by atoms with Crippen LogP contribution in [0.3, 0.4) is 0 Å². The summed E-state index contributed by atoms with van der Waals surface area (Å²) in [7, 11) is 0. The van der Waals surface area contributed by atoms with Crippen molar-refractivity contribution in [1.29, 1.82) is 0 Å². The summed E-state index contributed by atoms with van der Waals surface area (Å²) < 4.78 is 0. The van der Waals surface area contributed by atoms with Gasteiger partial charge in [0.25, 0.3) is 0 Å². The van der Waals surface area contributed by atoms with Crippen LogP contribution in [0.1, 0.15) is 45.0 Å². The van der Waals surface area contributed by atoms with E-state index in [0.717, 1.165) is 39.9 Å². The summed E-state index contributed by atoms with van der Waals surface area (Å²) in [5, 5.41) is 5.86. The minimum atomic E-state index is 0.367. The van der Waals surface area contributed by atoms with Crippen LogP contribution in [-0.4, -0.2) is 25.6 Å². The van der Waals surface area contributed by atoms with E-state index in [-0.39, 0.29) is 0 Å². The van der Waals surface area contributed by atoms with Crippen molar-refractivity contribution in [3.05, 3.63) is 72.4 Å². The molecule has 1 aliphatic rings. The first kappa shape index (κ1) is 21.2. The number of benzene rings is 4. The van der Waals surface area contributed by atoms with Gasteiger partial charge in [-0.05, 0) is 57.0 Å². The molecule has 0 unspecified atom stereocenters. The van der Waals surface area contributed by atoms with E-state index in [1.165, 1.54) is 43.9 Å². The van der Waals surface area contributed by atoms with Gasteiger partial charge in [-0.1, -0.05) is 58.0 Å². The Morgan fingerprint density at radius 3 is 2.39 bits per heavy atom. The van der Waals surface area contributed by atoms with Gasteiger partial charge in [0.05, 0.1) is 16.7 Å². The average Bonchev–Trinajstić information content (AvgIpc) is 3.54. The van der Waals surface area contributed by atoms with E-state index >= 15 is 0 Å². The zero-order chi connectivity index (χ0) is 24.6. The number of nitrogens with one attached hydrogen (secondary N) is 1. The largest absolute Gasteiger partial charge is 0.342 e. The SMILES string of the molecule is CC(C)C1=Nc2c(c3ccc(-c4ccc5c(ccc6[nH]c(C(C)C)nc65)c4)cc3c3cncnc23)C1. The molecule has 0 amide bonds. The Hall–Kier alpha value is -4.12. The fourth-order valence-electron chi connectivity index (χ4n) is 5.47. The number of rotatable bonds is 3. The number of fused-ring (bicyclic) bond motifs is 9. The summed E-state index contributed by atoms with van der Waals surface area (Å²) in [6, 6.07) is 17.8. The van der Waals surface area contributed by atoms with Gasteiger partial charge in [-0.25, -0.2) is 15.0 Å². The van der Waals surface area contributed by atoms with Gasteiger partial charge in [0.15, 0.2) is 0 Å². The van der Waals surface area contributed by atoms with Crippen molar-refractivity contribution in [3.8, 4) is 11.1 Å². The van der Waals surface area contributed by atoms with Gasteiger partial charge in [-0.3, -0.25) is 4.99 Å². The molecular weight excluding hydrogens is 442 g/mol. The van der Waals surface area contributed by atoms with Crippen molar-refractivity contribution < 1.29 is 0 Å². The molecule has 0 bridgehead atoms. The third-order valence-corrected chi connectivity index (χ3v) is 7.50. The lowest BCUT2D eigenvalue weighted by Gasteiger charge is -2.12. The lowest BCUT2D eigenvalue weighted by molar-refractivity contribution is 0.799. The first-order chi connectivity index (χ1) is 17.5. The maximum Gasteiger partial charge on any atom is 0.116 e. The van der Waals surface area contributed by atoms with Gasteiger partial charge in [0.1, 0.15) is 17.7 Å². The van der Waals surface area contributed by atoms with Gasteiger partial charge in [0.2, 0.25) is 0 Å². The number of imidazole rings is 1. The van der Waals surface area contributed by atoms with E-state index in [1.807, 2.05) is 6.20 Å². The highest BCUT2D eigenvalue weighted by atomic mass is 14.9. The Morgan fingerprint density at radius 1 is 0.778 bits per heavy atom. The average molecular weight is 470 g/mol. The summed E-state index contributed by atoms with van der Waals surface area (Å²) in [5.41, 5.74) is 8.98. The van der Waals surface area contributed by atoms with Gasteiger partial charge >= 0.3 is 0 Å². The minimum absolute atomic E-state index is 0.367. The van der Waals surface area contributed by atoms with Gasteiger partial charge in [-0.15, -0.1) is 0 Å². The summed E-state index contributed by atoms with van der Waals surface area (Å²) >= 11 is 0. The van der Waals surface area contributed by atoms with Crippen molar-refractivity contribution in [2.75, 3.05) is 0 Å². The summed E-state index contributed by atoms with van der Waals surface area (Å²) in [5.74, 6) is 1.81. The summed E-state index contributed by atoms with van der Waals surface area (Å²) in [4.78, 5) is 22.4. The second-order valence-corrected chi connectivity index (χ2v) is 10.5. The quantitative estimate of drug-likeness (QED) is 0.268. The van der Waals surface area contributed by atoms with E-state index in [2.05, 4.69) is 91.2 Å². The molecule has 0 saturated heterocycles. The lowest BCUT2D eigenvalue weighted by Crippen LogP contribution is -2.06. The first-order valence-electron chi connectivity index (χ1n) is 12.7. The van der Waals surface area contributed by atoms with Crippen molar-refractivity contribution in [3.63, 3.8) is 0 Å². The second-order valence-electron chi connectivity index (χ2n) is 10.5. The van der Waals surface area contributed by atoms with Crippen LogP contribution in [-0.2, 0) is 6.42 Å². The molecule has 0 saturated carbocycles. The molecule has 2 aromatic heterocycles. The zero-order valence-electron chi connectivity index (χ0n) is 20.9. The van der Waals surface area contributed by atoms with Crippen LogP contribution in [0.25, 0.3) is 54.6 Å². The van der Waals surface area contributed by atoms with Gasteiger partial charge in [0, 0.05) is 35.0 Å². The maximum atomic E-state index is 5.00. The number of nitrogens with zero attached hydrogens (tertiary/aromatic N) is 4. The van der Waals surface area contributed by atoms with Crippen LogP contribution in [0.5, 0.6) is 0 Å². The number of hydrogen-bond acceptors (Lipinski definition) is 4. The molecule has 0 spiro atoms. The highest BCUT2D eigenvalue weighted by molar-refractivity contribution is 6.17. The molecule has 1 N–H and O–H groups in total. The molecule has 176 valence electrons. The lowest BCUT2D eigenvalue weighted by atomic mass is 9.92. The zero-order valence-corrected chi connectivity index (χ0v) is 20.9. The Balaban J connectivity index is 1.41. The standard InChI is InChI=1S/C31H27N5/c1-16(2)27-13-24-22-9-6-19(12-23(22)25-14-32-15-33-29(25)30(24)34-27)18-5-8-21-20(11-18)7-10-26-28(21)36-31(35-26)17(3)4/h5-12,14-17H,13H2,1-4H3,(H,35,36). The molecule has 0 aliphatic carbocycles.